The topological polar surface area (TPSA) is 50.9 Å². The Labute approximate surface area is 154 Å². The van der Waals surface area contributed by atoms with E-state index in [-0.39, 0.29) is 6.10 Å². The van der Waals surface area contributed by atoms with Crippen LogP contribution in [0.1, 0.15) is 47.5 Å². The summed E-state index contributed by atoms with van der Waals surface area (Å²) >= 11 is 0. The molecule has 0 saturated carbocycles. The molecule has 0 aliphatic rings. The molecule has 0 aliphatic heterocycles. The predicted molar refractivity (Wildman–Crippen MR) is 111 cm³/mol. The Kier molecular flexibility index (Phi) is 10.8. The molecule has 0 rings (SSSR count). The zero-order valence-corrected chi connectivity index (χ0v) is 17.2. The molecule has 4 nitrogen and oxygen atoms in total. The number of aliphatic imine (C=N–C) groups is 1. The molecule has 0 saturated heterocycles. The second kappa shape index (κ2) is 11.7. The molecular weight excluding hydrogens is 310 g/mol. The van der Waals surface area contributed by atoms with Crippen molar-refractivity contribution in [3.05, 3.63) is 47.5 Å². The summed E-state index contributed by atoms with van der Waals surface area (Å²) < 4.78 is 5.70. The lowest BCUT2D eigenvalue weighted by atomic mass is 9.90. The van der Waals surface area contributed by atoms with Gasteiger partial charge in [0.2, 0.25) is 0 Å². The summed E-state index contributed by atoms with van der Waals surface area (Å²) in [4.78, 5) is 6.48. The largest absolute Gasteiger partial charge is 0.385 e. The van der Waals surface area contributed by atoms with Crippen molar-refractivity contribution in [3.8, 4) is 0 Å². The Morgan fingerprint density at radius 2 is 1.96 bits per heavy atom. The summed E-state index contributed by atoms with van der Waals surface area (Å²) in [6.45, 7) is 19.0. The molecule has 25 heavy (non-hydrogen) atoms. The average Bonchev–Trinajstić information content (AvgIpc) is 2.61. The summed E-state index contributed by atoms with van der Waals surface area (Å²) in [5.74, 6) is 1.08. The molecule has 0 heterocycles. The number of rotatable bonds is 11. The van der Waals surface area contributed by atoms with Crippen LogP contribution in [0, 0.1) is 5.92 Å². The van der Waals surface area contributed by atoms with Crippen molar-refractivity contribution in [2.45, 2.75) is 53.6 Å². The fraction of sp³-hybridized carbons (Fsp3) is 0.571. The van der Waals surface area contributed by atoms with Crippen molar-refractivity contribution in [2.75, 3.05) is 20.7 Å². The van der Waals surface area contributed by atoms with Crippen molar-refractivity contribution in [3.63, 3.8) is 0 Å². The van der Waals surface area contributed by atoms with Crippen LogP contribution in [0.5, 0.6) is 0 Å². The highest BCUT2D eigenvalue weighted by Gasteiger charge is 2.20. The highest BCUT2D eigenvalue weighted by atomic mass is 16.5. The monoisotopic (exact) mass is 347 g/mol. The third-order valence-electron chi connectivity index (χ3n) is 4.81. The van der Waals surface area contributed by atoms with E-state index in [0.717, 1.165) is 47.6 Å². The van der Waals surface area contributed by atoms with E-state index in [9.17, 15) is 0 Å². The molecule has 0 amide bonds. The summed E-state index contributed by atoms with van der Waals surface area (Å²) in [6, 6.07) is 0. The van der Waals surface area contributed by atoms with E-state index in [1.165, 1.54) is 0 Å². The first-order valence-electron chi connectivity index (χ1n) is 8.95. The van der Waals surface area contributed by atoms with Gasteiger partial charge in [0.05, 0.1) is 11.8 Å². The van der Waals surface area contributed by atoms with Gasteiger partial charge in [-0.25, -0.2) is 0 Å². The number of hydrogen-bond donors (Lipinski definition) is 1. The number of hydrogen-bond acceptors (Lipinski definition) is 4. The smallest absolute Gasteiger partial charge is 0.102 e. The first-order chi connectivity index (χ1) is 11.7. The number of ether oxygens (including phenoxy) is 1. The quantitative estimate of drug-likeness (QED) is 0.336. The molecule has 0 aromatic carbocycles. The molecular formula is C21H37N3O. The molecule has 0 spiro atoms. The molecule has 2 unspecified atom stereocenters. The minimum absolute atomic E-state index is 0.113. The Morgan fingerprint density at radius 1 is 1.36 bits per heavy atom. The van der Waals surface area contributed by atoms with Crippen LogP contribution in [0.3, 0.4) is 0 Å². The number of methoxy groups -OCH3 is 1. The van der Waals surface area contributed by atoms with E-state index in [2.05, 4.69) is 43.8 Å². The molecule has 0 aromatic rings. The van der Waals surface area contributed by atoms with Gasteiger partial charge < -0.3 is 15.4 Å². The van der Waals surface area contributed by atoms with Crippen LogP contribution in [0.2, 0.25) is 0 Å². The van der Waals surface area contributed by atoms with E-state index in [0.29, 0.717) is 5.92 Å². The van der Waals surface area contributed by atoms with Gasteiger partial charge in [-0.1, -0.05) is 25.7 Å². The van der Waals surface area contributed by atoms with Gasteiger partial charge in [0.15, 0.2) is 0 Å². The first-order valence-corrected chi connectivity index (χ1v) is 8.95. The van der Waals surface area contributed by atoms with Crippen LogP contribution in [-0.4, -0.2) is 37.9 Å². The van der Waals surface area contributed by atoms with Crippen LogP contribution < -0.4 is 5.73 Å². The average molecular weight is 348 g/mol. The third kappa shape index (κ3) is 6.91. The highest BCUT2D eigenvalue weighted by Crippen LogP contribution is 2.27. The van der Waals surface area contributed by atoms with E-state index < -0.39 is 0 Å². The Morgan fingerprint density at radius 3 is 2.36 bits per heavy atom. The predicted octanol–water partition coefficient (Wildman–Crippen LogP) is 4.67. The maximum Gasteiger partial charge on any atom is 0.102 e. The highest BCUT2D eigenvalue weighted by molar-refractivity contribution is 5.57. The standard InChI is InChI=1S/C21H37N3O/c1-10-19(23-11-2)17(7)18(21(22)24(8)12-3)13-14-20(25-9)16(6)15(4)5/h10-11,16,20H,1,4,12-14,22H2,2-3,5-9H3/b19-17+,21-18-,23-11-. The second-order valence-corrected chi connectivity index (χ2v) is 6.43. The third-order valence-corrected chi connectivity index (χ3v) is 4.81. The fourth-order valence-electron chi connectivity index (χ4n) is 2.68. The Bertz CT molecular complexity index is 543. The molecule has 0 aromatic heterocycles. The molecule has 0 bridgehead atoms. The van der Waals surface area contributed by atoms with E-state index in [1.807, 2.05) is 20.9 Å². The van der Waals surface area contributed by atoms with Gasteiger partial charge in [0.1, 0.15) is 5.82 Å². The lowest BCUT2D eigenvalue weighted by Crippen LogP contribution is -2.26. The molecule has 0 aliphatic carbocycles. The normalized spacial score (nSPS) is 16.1. The van der Waals surface area contributed by atoms with Crippen LogP contribution >= 0.6 is 0 Å². The molecule has 0 fully saturated rings. The van der Waals surface area contributed by atoms with E-state index >= 15 is 0 Å². The molecule has 0 radical (unpaired) electrons. The summed E-state index contributed by atoms with van der Waals surface area (Å²) in [6.07, 6.45) is 5.35. The van der Waals surface area contributed by atoms with Crippen molar-refractivity contribution in [1.82, 2.24) is 4.90 Å². The van der Waals surface area contributed by atoms with Gasteiger partial charge in [0.25, 0.3) is 0 Å². The number of nitrogens with two attached hydrogens (primary N) is 1. The number of allylic oxidation sites excluding steroid dienone is 3. The maximum absolute atomic E-state index is 6.45. The Balaban J connectivity index is 5.79. The van der Waals surface area contributed by atoms with Crippen LogP contribution in [0.25, 0.3) is 0 Å². The summed E-state index contributed by atoms with van der Waals surface area (Å²) in [7, 11) is 3.76. The molecule has 2 atom stereocenters. The zero-order chi connectivity index (χ0) is 19.6. The summed E-state index contributed by atoms with van der Waals surface area (Å²) in [5.41, 5.74) is 10.6. The zero-order valence-electron chi connectivity index (χ0n) is 17.2. The van der Waals surface area contributed by atoms with Crippen molar-refractivity contribution in [2.24, 2.45) is 16.6 Å². The van der Waals surface area contributed by atoms with E-state index in [4.69, 9.17) is 10.5 Å². The Hall–Kier alpha value is -1.81. The fourth-order valence-corrected chi connectivity index (χ4v) is 2.68. The second-order valence-electron chi connectivity index (χ2n) is 6.43. The SMILES string of the molecule is C=CC(/N=C\C)=C(C)\C(CCC(OC)C(C)C(=C)C)=C(\N)N(C)CC. The van der Waals surface area contributed by atoms with Gasteiger partial charge >= 0.3 is 0 Å². The molecule has 2 N–H and O–H groups in total. The van der Waals surface area contributed by atoms with Gasteiger partial charge in [-0.3, -0.25) is 4.99 Å². The van der Waals surface area contributed by atoms with Gasteiger partial charge in [-0.05, 0) is 57.8 Å². The first kappa shape index (κ1) is 23.2. The van der Waals surface area contributed by atoms with Crippen LogP contribution in [0.15, 0.2) is 52.5 Å². The maximum atomic E-state index is 6.45. The lowest BCUT2D eigenvalue weighted by Gasteiger charge is -2.26. The van der Waals surface area contributed by atoms with Crippen molar-refractivity contribution < 1.29 is 4.74 Å². The summed E-state index contributed by atoms with van der Waals surface area (Å²) in [5, 5.41) is 0. The van der Waals surface area contributed by atoms with E-state index in [1.54, 1.807) is 19.4 Å². The number of nitrogens with zero attached hydrogens (tertiary/aromatic N) is 2. The van der Waals surface area contributed by atoms with Gasteiger partial charge in [-0.15, -0.1) is 0 Å². The van der Waals surface area contributed by atoms with Crippen LogP contribution in [-0.2, 0) is 4.74 Å². The van der Waals surface area contributed by atoms with Crippen molar-refractivity contribution >= 4 is 6.21 Å². The minimum Gasteiger partial charge on any atom is -0.385 e. The van der Waals surface area contributed by atoms with Gasteiger partial charge in [-0.2, -0.15) is 0 Å². The van der Waals surface area contributed by atoms with Gasteiger partial charge in [0, 0.05) is 32.8 Å². The molecule has 4 heteroatoms. The van der Waals surface area contributed by atoms with Crippen LogP contribution in [0.4, 0.5) is 0 Å². The lowest BCUT2D eigenvalue weighted by molar-refractivity contribution is 0.0641. The van der Waals surface area contributed by atoms with Crippen molar-refractivity contribution in [1.29, 1.82) is 0 Å². The minimum atomic E-state index is 0.113. The molecule has 142 valence electrons.